The van der Waals surface area contributed by atoms with Crippen molar-refractivity contribution in [2.24, 2.45) is 23.7 Å². The van der Waals surface area contributed by atoms with Gasteiger partial charge in [0.2, 0.25) is 0 Å². The summed E-state index contributed by atoms with van der Waals surface area (Å²) in [6.07, 6.45) is 4.66. The van der Waals surface area contributed by atoms with E-state index in [0.717, 1.165) is 25.9 Å². The predicted octanol–water partition coefficient (Wildman–Crippen LogP) is 0.138. The Labute approximate surface area is 117 Å². The molecular weight excluding hydrogens is 260 g/mol. The van der Waals surface area contributed by atoms with Crippen molar-refractivity contribution in [2.45, 2.75) is 37.8 Å². The minimum atomic E-state index is -0.674. The summed E-state index contributed by atoms with van der Waals surface area (Å²) in [4.78, 5) is 21.1. The van der Waals surface area contributed by atoms with Crippen molar-refractivity contribution in [1.82, 2.24) is 10.6 Å². The van der Waals surface area contributed by atoms with Crippen molar-refractivity contribution in [1.29, 1.82) is 0 Å². The second-order valence-corrected chi connectivity index (χ2v) is 6.45. The summed E-state index contributed by atoms with van der Waals surface area (Å²) in [5.74, 6) is 0.872. The molecule has 2 saturated carbocycles. The van der Waals surface area contributed by atoms with Gasteiger partial charge in [0.25, 0.3) is 0 Å². The van der Waals surface area contributed by atoms with Crippen LogP contribution in [0.3, 0.4) is 0 Å². The molecule has 20 heavy (non-hydrogen) atoms. The van der Waals surface area contributed by atoms with Crippen LogP contribution < -0.4 is 10.6 Å². The van der Waals surface area contributed by atoms with E-state index in [1.165, 1.54) is 12.8 Å². The quantitative estimate of drug-likeness (QED) is 0.575. The summed E-state index contributed by atoms with van der Waals surface area (Å²) in [6.45, 7) is 1.84. The molecular formula is C14H22N2O4. The zero-order chi connectivity index (χ0) is 14.3. The molecule has 4 fully saturated rings. The predicted molar refractivity (Wildman–Crippen MR) is 71.3 cm³/mol. The monoisotopic (exact) mass is 282 g/mol. The van der Waals surface area contributed by atoms with Crippen LogP contribution in [0.5, 0.6) is 0 Å². The number of aliphatic carboxylic acids is 2. The van der Waals surface area contributed by atoms with Crippen LogP contribution in [0.1, 0.15) is 25.7 Å². The van der Waals surface area contributed by atoms with Gasteiger partial charge in [-0.3, -0.25) is 9.59 Å². The van der Waals surface area contributed by atoms with Crippen LogP contribution in [-0.2, 0) is 9.59 Å². The Morgan fingerprint density at radius 3 is 1.30 bits per heavy atom. The van der Waals surface area contributed by atoms with Gasteiger partial charge in [-0.1, -0.05) is 0 Å². The number of carboxylic acid groups (broad SMARTS) is 2. The Hall–Kier alpha value is -1.14. The molecule has 2 heterocycles. The van der Waals surface area contributed by atoms with Crippen molar-refractivity contribution in [3.05, 3.63) is 0 Å². The van der Waals surface area contributed by atoms with Gasteiger partial charge in [-0.05, 0) is 62.4 Å². The third-order valence-electron chi connectivity index (χ3n) is 5.54. The van der Waals surface area contributed by atoms with Crippen LogP contribution in [0.15, 0.2) is 0 Å². The molecule has 0 aromatic heterocycles. The van der Waals surface area contributed by atoms with E-state index in [4.69, 9.17) is 10.2 Å². The molecule has 6 nitrogen and oxygen atoms in total. The van der Waals surface area contributed by atoms with E-state index in [1.54, 1.807) is 0 Å². The third kappa shape index (κ3) is 2.31. The summed E-state index contributed by atoms with van der Waals surface area (Å²) < 4.78 is 0. The first-order valence-corrected chi connectivity index (χ1v) is 7.50. The molecule has 0 radical (unpaired) electrons. The molecule has 4 aliphatic rings. The van der Waals surface area contributed by atoms with Gasteiger partial charge in [0.15, 0.2) is 0 Å². The maximum Gasteiger partial charge on any atom is 0.320 e. The van der Waals surface area contributed by atoms with Crippen LogP contribution in [0.4, 0.5) is 0 Å². The van der Waals surface area contributed by atoms with Crippen LogP contribution in [0.25, 0.3) is 0 Å². The summed E-state index contributed by atoms with van der Waals surface area (Å²) >= 11 is 0. The Bertz CT molecular complexity index is 376. The fraction of sp³-hybridized carbons (Fsp3) is 0.857. The number of nitrogens with one attached hydrogen (secondary N) is 2. The maximum absolute atomic E-state index is 10.5. The molecule has 0 aromatic rings. The topological polar surface area (TPSA) is 98.7 Å². The molecule has 2 aliphatic heterocycles. The molecule has 0 spiro atoms. The van der Waals surface area contributed by atoms with Gasteiger partial charge in [0.05, 0.1) is 0 Å². The van der Waals surface area contributed by atoms with Gasteiger partial charge < -0.3 is 20.8 Å². The van der Waals surface area contributed by atoms with E-state index in [9.17, 15) is 9.59 Å². The first-order chi connectivity index (χ1) is 9.58. The average Bonchev–Trinajstić information content (AvgIpc) is 2.77. The molecule has 2 saturated heterocycles. The van der Waals surface area contributed by atoms with Gasteiger partial charge in [-0.2, -0.15) is 0 Å². The van der Waals surface area contributed by atoms with E-state index < -0.39 is 11.9 Å². The van der Waals surface area contributed by atoms with Gasteiger partial charge in [0, 0.05) is 0 Å². The van der Waals surface area contributed by atoms with Crippen LogP contribution >= 0.6 is 0 Å². The number of carbonyl (C=O) groups is 2. The smallest absolute Gasteiger partial charge is 0.320 e. The van der Waals surface area contributed by atoms with Crippen molar-refractivity contribution >= 4 is 11.9 Å². The normalized spacial score (nSPS) is 44.2. The largest absolute Gasteiger partial charge is 0.480 e. The Morgan fingerprint density at radius 2 is 1.15 bits per heavy atom. The highest BCUT2D eigenvalue weighted by Crippen LogP contribution is 2.41. The third-order valence-corrected chi connectivity index (χ3v) is 5.54. The number of hydrogen-bond acceptors (Lipinski definition) is 4. The molecule has 0 aromatic carbocycles. The van der Waals surface area contributed by atoms with Gasteiger partial charge in [-0.25, -0.2) is 0 Å². The standard InChI is InChI=1S/2C7H11NO2/c2*9-7(10)6-5-2-1-4(5)3-8-6/h2*4-6,8H,1-3H2,(H,9,10)/t2*4-,5-,6+/m10/s1. The SMILES string of the molecule is O=C(O)[C@@H]1NC[C@@H]2CC[C@@H]21.O=C(O)[C@H]1NC[C@H]2CC[C@H]21. The van der Waals surface area contributed by atoms with Crippen molar-refractivity contribution < 1.29 is 19.8 Å². The zero-order valence-corrected chi connectivity index (χ0v) is 11.4. The molecule has 2 aliphatic carbocycles. The van der Waals surface area contributed by atoms with E-state index in [1.807, 2.05) is 0 Å². The van der Waals surface area contributed by atoms with Crippen molar-refractivity contribution in [3.8, 4) is 0 Å². The fourth-order valence-electron chi connectivity index (χ4n) is 3.97. The molecule has 0 amide bonds. The molecule has 4 N–H and O–H groups in total. The van der Waals surface area contributed by atoms with Crippen molar-refractivity contribution in [2.75, 3.05) is 13.1 Å². The highest BCUT2D eigenvalue weighted by atomic mass is 16.4. The highest BCUT2D eigenvalue weighted by molar-refractivity contribution is 5.75. The maximum atomic E-state index is 10.5. The molecule has 6 atom stereocenters. The van der Waals surface area contributed by atoms with E-state index in [0.29, 0.717) is 23.7 Å². The molecule has 112 valence electrons. The number of carboxylic acids is 2. The minimum absolute atomic E-state index is 0.237. The summed E-state index contributed by atoms with van der Waals surface area (Å²) in [5, 5.41) is 23.4. The van der Waals surface area contributed by atoms with E-state index in [2.05, 4.69) is 10.6 Å². The molecule has 0 unspecified atom stereocenters. The highest BCUT2D eigenvalue weighted by Gasteiger charge is 2.46. The van der Waals surface area contributed by atoms with E-state index in [-0.39, 0.29) is 12.1 Å². The summed E-state index contributed by atoms with van der Waals surface area (Å²) in [5.41, 5.74) is 0. The number of hydrogen-bond donors (Lipinski definition) is 4. The van der Waals surface area contributed by atoms with Crippen LogP contribution in [-0.4, -0.2) is 47.3 Å². The van der Waals surface area contributed by atoms with Crippen molar-refractivity contribution in [3.63, 3.8) is 0 Å². The van der Waals surface area contributed by atoms with Gasteiger partial charge >= 0.3 is 11.9 Å². The van der Waals surface area contributed by atoms with Crippen LogP contribution in [0.2, 0.25) is 0 Å². The minimum Gasteiger partial charge on any atom is -0.480 e. The van der Waals surface area contributed by atoms with Gasteiger partial charge in [0.1, 0.15) is 12.1 Å². The number of rotatable bonds is 2. The second-order valence-electron chi connectivity index (χ2n) is 6.45. The lowest BCUT2D eigenvalue weighted by Crippen LogP contribution is -2.38. The summed E-state index contributed by atoms with van der Waals surface area (Å²) in [6, 6.07) is -0.475. The fourth-order valence-corrected chi connectivity index (χ4v) is 3.97. The van der Waals surface area contributed by atoms with Gasteiger partial charge in [-0.15, -0.1) is 0 Å². The zero-order valence-electron chi connectivity index (χ0n) is 11.4. The first kappa shape index (κ1) is 13.8. The molecule has 6 heteroatoms. The second kappa shape index (κ2) is 5.33. The lowest BCUT2D eigenvalue weighted by molar-refractivity contribution is -0.141. The first-order valence-electron chi connectivity index (χ1n) is 7.50. The Kier molecular flexibility index (Phi) is 3.69. The lowest BCUT2D eigenvalue weighted by Gasteiger charge is -2.30. The van der Waals surface area contributed by atoms with E-state index >= 15 is 0 Å². The molecule has 4 rings (SSSR count). The molecule has 0 bridgehead atoms. The van der Waals surface area contributed by atoms with Crippen LogP contribution in [0, 0.1) is 23.7 Å². The Morgan fingerprint density at radius 1 is 0.750 bits per heavy atom. The lowest BCUT2D eigenvalue weighted by atomic mass is 9.73. The Balaban J connectivity index is 0.000000121. The average molecular weight is 282 g/mol. The number of fused-ring (bicyclic) bond motifs is 2. The summed E-state index contributed by atoms with van der Waals surface area (Å²) in [7, 11) is 0.